The molecule has 2 aliphatic heterocycles. The van der Waals surface area contributed by atoms with E-state index in [0.29, 0.717) is 43.2 Å². The van der Waals surface area contributed by atoms with Crippen molar-refractivity contribution in [3.05, 3.63) is 29.8 Å². The summed E-state index contributed by atoms with van der Waals surface area (Å²) in [5.41, 5.74) is 0.509. The minimum absolute atomic E-state index is 0.0258. The Morgan fingerprint density at radius 2 is 1.97 bits per heavy atom. The summed E-state index contributed by atoms with van der Waals surface area (Å²) in [7, 11) is 0. The van der Waals surface area contributed by atoms with E-state index >= 15 is 0 Å². The molecule has 0 radical (unpaired) electrons. The number of nitriles is 1. The summed E-state index contributed by atoms with van der Waals surface area (Å²) in [5, 5.41) is 23.0. The van der Waals surface area contributed by atoms with Gasteiger partial charge >= 0.3 is 6.03 Å². The Labute approximate surface area is 177 Å². The molecule has 2 saturated heterocycles. The summed E-state index contributed by atoms with van der Waals surface area (Å²) in [5.74, 6) is 0.778. The van der Waals surface area contributed by atoms with Crippen molar-refractivity contribution in [3.63, 3.8) is 0 Å². The fourth-order valence-corrected chi connectivity index (χ4v) is 4.32. The Balaban J connectivity index is 1.50. The van der Waals surface area contributed by atoms with Gasteiger partial charge in [0.1, 0.15) is 5.54 Å². The van der Waals surface area contributed by atoms with Crippen molar-refractivity contribution in [3.8, 4) is 6.07 Å². The molecule has 0 aliphatic carbocycles. The number of piperidine rings is 1. The Bertz CT molecular complexity index is 851. The summed E-state index contributed by atoms with van der Waals surface area (Å²) in [4.78, 5) is 28.7. The van der Waals surface area contributed by atoms with Gasteiger partial charge in [-0.3, -0.25) is 15.1 Å². The molecule has 160 valence electrons. The van der Waals surface area contributed by atoms with Crippen LogP contribution in [0.5, 0.6) is 0 Å². The smallest absolute Gasteiger partial charge is 0.321 e. The number of benzene rings is 1. The number of anilines is 1. The zero-order chi connectivity index (χ0) is 21.9. The summed E-state index contributed by atoms with van der Waals surface area (Å²) >= 11 is 0. The van der Waals surface area contributed by atoms with Crippen molar-refractivity contribution >= 4 is 23.6 Å². The Morgan fingerprint density at radius 3 is 2.53 bits per heavy atom. The number of guanidine groups is 1. The number of hydrogen-bond acceptors (Lipinski definition) is 4. The Kier molecular flexibility index (Phi) is 6.30. The molecule has 2 fully saturated rings. The maximum absolute atomic E-state index is 12.9. The molecule has 2 heterocycles. The van der Waals surface area contributed by atoms with Crippen LogP contribution in [-0.4, -0.2) is 52.9 Å². The van der Waals surface area contributed by atoms with Crippen molar-refractivity contribution in [2.75, 3.05) is 25.0 Å². The first kappa shape index (κ1) is 21.6. The van der Waals surface area contributed by atoms with Gasteiger partial charge in [-0.25, -0.2) is 4.79 Å². The summed E-state index contributed by atoms with van der Waals surface area (Å²) < 4.78 is 0. The molecule has 1 unspecified atom stereocenters. The zero-order valence-electron chi connectivity index (χ0n) is 17.9. The second-order valence-corrected chi connectivity index (χ2v) is 8.87. The van der Waals surface area contributed by atoms with Gasteiger partial charge in [0.15, 0.2) is 5.96 Å². The van der Waals surface area contributed by atoms with Crippen LogP contribution in [0.15, 0.2) is 24.3 Å². The number of nitrogens with one attached hydrogen (secondary N) is 3. The van der Waals surface area contributed by atoms with Gasteiger partial charge in [-0.1, -0.05) is 13.8 Å². The number of nitrogens with zero attached hydrogens (tertiary/aromatic N) is 3. The lowest BCUT2D eigenvalue weighted by atomic mass is 9.90. The Morgan fingerprint density at radius 1 is 1.33 bits per heavy atom. The quantitative estimate of drug-likeness (QED) is 0.693. The molecule has 3 N–H and O–H groups in total. The normalized spacial score (nSPS) is 22.2. The van der Waals surface area contributed by atoms with E-state index in [1.165, 1.54) is 0 Å². The van der Waals surface area contributed by atoms with Crippen molar-refractivity contribution in [1.29, 1.82) is 10.7 Å². The number of carbonyl (C=O) groups is 2. The SMILES string of the molecule is CC(C)CC1(C)NC(=N)N(CC2CCN(C(=O)Nc3ccc(C#N)cc3)CC2)C1=O. The van der Waals surface area contributed by atoms with Gasteiger partial charge < -0.3 is 15.5 Å². The van der Waals surface area contributed by atoms with Gasteiger partial charge in [0, 0.05) is 25.3 Å². The van der Waals surface area contributed by atoms with E-state index < -0.39 is 5.54 Å². The maximum atomic E-state index is 12.9. The summed E-state index contributed by atoms with van der Waals surface area (Å²) in [6, 6.07) is 8.67. The van der Waals surface area contributed by atoms with Crippen LogP contribution < -0.4 is 10.6 Å². The molecule has 3 amide bonds. The minimum Gasteiger partial charge on any atom is -0.342 e. The van der Waals surface area contributed by atoms with Crippen LogP contribution in [-0.2, 0) is 4.79 Å². The fourth-order valence-electron chi connectivity index (χ4n) is 4.32. The van der Waals surface area contributed by atoms with E-state index in [0.717, 1.165) is 12.8 Å². The first-order chi connectivity index (χ1) is 14.2. The molecule has 0 aromatic heterocycles. The highest BCUT2D eigenvalue weighted by Crippen LogP contribution is 2.27. The number of urea groups is 1. The van der Waals surface area contributed by atoms with Crippen LogP contribution in [0.25, 0.3) is 0 Å². The van der Waals surface area contributed by atoms with Gasteiger partial charge in [-0.2, -0.15) is 5.26 Å². The van der Waals surface area contributed by atoms with Crippen LogP contribution in [0.1, 0.15) is 45.6 Å². The average molecular weight is 411 g/mol. The second-order valence-electron chi connectivity index (χ2n) is 8.87. The number of amides is 3. The van der Waals surface area contributed by atoms with Gasteiger partial charge in [0.05, 0.1) is 11.6 Å². The summed E-state index contributed by atoms with van der Waals surface area (Å²) in [6.45, 7) is 7.76. The van der Waals surface area contributed by atoms with Crippen LogP contribution in [0, 0.1) is 28.6 Å². The van der Waals surface area contributed by atoms with Crippen LogP contribution in [0.2, 0.25) is 0 Å². The lowest BCUT2D eigenvalue weighted by Crippen LogP contribution is -2.46. The average Bonchev–Trinajstić information content (AvgIpc) is 2.91. The highest BCUT2D eigenvalue weighted by Gasteiger charge is 2.46. The van der Waals surface area contributed by atoms with Gasteiger partial charge in [0.2, 0.25) is 0 Å². The van der Waals surface area contributed by atoms with Crippen molar-refractivity contribution in [2.24, 2.45) is 11.8 Å². The number of carbonyl (C=O) groups excluding carboxylic acids is 2. The first-order valence-corrected chi connectivity index (χ1v) is 10.5. The molecule has 2 aliphatic rings. The predicted octanol–water partition coefficient (Wildman–Crippen LogP) is 2.97. The van der Waals surface area contributed by atoms with Crippen LogP contribution in [0.4, 0.5) is 10.5 Å². The Hall–Kier alpha value is -3.08. The van der Waals surface area contributed by atoms with E-state index in [4.69, 9.17) is 10.7 Å². The van der Waals surface area contributed by atoms with Crippen molar-refractivity contribution in [2.45, 2.75) is 45.6 Å². The zero-order valence-corrected chi connectivity index (χ0v) is 17.9. The van der Waals surface area contributed by atoms with Crippen molar-refractivity contribution in [1.82, 2.24) is 15.1 Å². The lowest BCUT2D eigenvalue weighted by Gasteiger charge is -2.33. The molecule has 0 bridgehead atoms. The van der Waals surface area contributed by atoms with Gasteiger partial charge in [-0.05, 0) is 62.3 Å². The van der Waals surface area contributed by atoms with Gasteiger partial charge in [0.25, 0.3) is 5.91 Å². The molecule has 8 nitrogen and oxygen atoms in total. The van der Waals surface area contributed by atoms with Crippen LogP contribution >= 0.6 is 0 Å². The fraction of sp³-hybridized carbons (Fsp3) is 0.545. The lowest BCUT2D eigenvalue weighted by molar-refractivity contribution is -0.131. The molecule has 0 saturated carbocycles. The van der Waals surface area contributed by atoms with Crippen molar-refractivity contribution < 1.29 is 9.59 Å². The van der Waals surface area contributed by atoms with Crippen LogP contribution in [0.3, 0.4) is 0 Å². The third-order valence-electron chi connectivity index (χ3n) is 5.81. The number of rotatable bonds is 5. The topological polar surface area (TPSA) is 112 Å². The first-order valence-electron chi connectivity index (χ1n) is 10.5. The molecule has 3 rings (SSSR count). The molecular weight excluding hydrogens is 380 g/mol. The second kappa shape index (κ2) is 8.74. The standard InChI is InChI=1S/C22H30N6O2/c1-15(2)12-22(3)19(29)28(20(24)26-22)14-17-8-10-27(11-9-17)21(30)25-18-6-4-16(13-23)5-7-18/h4-7,15,17H,8-12,14H2,1-3H3,(H2,24,26)(H,25,30). The third-order valence-corrected chi connectivity index (χ3v) is 5.81. The predicted molar refractivity (Wildman–Crippen MR) is 115 cm³/mol. The maximum Gasteiger partial charge on any atom is 0.321 e. The van der Waals surface area contributed by atoms with E-state index in [-0.39, 0.29) is 23.8 Å². The highest BCUT2D eigenvalue weighted by atomic mass is 16.2. The number of likely N-dealkylation sites (tertiary alicyclic amines) is 1. The summed E-state index contributed by atoms with van der Waals surface area (Å²) in [6.07, 6.45) is 2.27. The molecule has 8 heteroatoms. The molecule has 0 spiro atoms. The molecule has 1 atom stereocenters. The monoisotopic (exact) mass is 410 g/mol. The van der Waals surface area contributed by atoms with E-state index in [1.54, 1.807) is 34.1 Å². The van der Waals surface area contributed by atoms with E-state index in [2.05, 4.69) is 30.6 Å². The highest BCUT2D eigenvalue weighted by molar-refractivity contribution is 6.07. The molecule has 1 aromatic rings. The molecule has 1 aromatic carbocycles. The largest absolute Gasteiger partial charge is 0.342 e. The third kappa shape index (κ3) is 4.73. The van der Waals surface area contributed by atoms with E-state index in [1.807, 2.05) is 6.92 Å². The van der Waals surface area contributed by atoms with Gasteiger partial charge in [-0.15, -0.1) is 0 Å². The minimum atomic E-state index is -0.701. The molecule has 30 heavy (non-hydrogen) atoms. The molecular formula is C22H30N6O2. The number of hydrogen-bond donors (Lipinski definition) is 3. The van der Waals surface area contributed by atoms with E-state index in [9.17, 15) is 9.59 Å².